The summed E-state index contributed by atoms with van der Waals surface area (Å²) in [6.07, 6.45) is 3.17. The van der Waals surface area contributed by atoms with E-state index in [9.17, 15) is 4.79 Å². The molecule has 2 rings (SSSR count). The molecule has 0 radical (unpaired) electrons. The molecule has 0 amide bonds. The number of carbonyl (C=O) groups is 1. The van der Waals surface area contributed by atoms with E-state index in [1.54, 1.807) is 12.1 Å². The van der Waals surface area contributed by atoms with E-state index in [0.717, 1.165) is 24.8 Å². The quantitative estimate of drug-likeness (QED) is 0.603. The minimum Gasteiger partial charge on any atom is -0.493 e. The summed E-state index contributed by atoms with van der Waals surface area (Å²) in [5.74, 6) is 0.901. The Labute approximate surface area is 129 Å². The molecule has 2 atom stereocenters. The van der Waals surface area contributed by atoms with Crippen molar-refractivity contribution in [1.29, 1.82) is 0 Å². The summed E-state index contributed by atoms with van der Waals surface area (Å²) in [6.45, 7) is 2.24. The molecule has 0 aromatic heterocycles. The molecule has 1 aromatic carbocycles. The Bertz CT molecular complexity index is 476. The van der Waals surface area contributed by atoms with Crippen molar-refractivity contribution >= 4 is 29.2 Å². The molecule has 20 heavy (non-hydrogen) atoms. The summed E-state index contributed by atoms with van der Waals surface area (Å²) in [7, 11) is 0. The smallest absolute Gasteiger partial charge is 0.302 e. The third-order valence-corrected chi connectivity index (χ3v) is 3.95. The molecule has 1 aromatic rings. The van der Waals surface area contributed by atoms with Crippen LogP contribution in [0.4, 0.5) is 0 Å². The number of hydrogen-bond donors (Lipinski definition) is 0. The Morgan fingerprint density at radius 1 is 1.35 bits per heavy atom. The number of halogens is 2. The standard InChI is InChI=1S/C15H18Cl2O3/c1-10(18)19-9-12-5-14(17)7-15(6-12)20-8-11-2-3-13(16)4-11/h5-7,11,13H,2-4,8-9H2,1H3. The van der Waals surface area contributed by atoms with Crippen LogP contribution in [0.1, 0.15) is 31.7 Å². The minimum absolute atomic E-state index is 0.208. The summed E-state index contributed by atoms with van der Waals surface area (Å²) < 4.78 is 10.7. The predicted octanol–water partition coefficient (Wildman–Crippen LogP) is 4.19. The van der Waals surface area contributed by atoms with Crippen LogP contribution in [0.3, 0.4) is 0 Å². The topological polar surface area (TPSA) is 35.5 Å². The Morgan fingerprint density at radius 2 is 2.15 bits per heavy atom. The van der Waals surface area contributed by atoms with E-state index in [0.29, 0.717) is 23.3 Å². The molecule has 0 spiro atoms. The Morgan fingerprint density at radius 3 is 2.80 bits per heavy atom. The van der Waals surface area contributed by atoms with Crippen molar-refractivity contribution in [2.75, 3.05) is 6.61 Å². The zero-order chi connectivity index (χ0) is 14.5. The van der Waals surface area contributed by atoms with Crippen LogP contribution in [0.2, 0.25) is 5.02 Å². The molecule has 1 fully saturated rings. The average molecular weight is 317 g/mol. The number of esters is 1. The van der Waals surface area contributed by atoms with E-state index in [-0.39, 0.29) is 18.0 Å². The molecule has 3 nitrogen and oxygen atoms in total. The molecule has 2 unspecified atom stereocenters. The highest BCUT2D eigenvalue weighted by molar-refractivity contribution is 6.30. The Balaban J connectivity index is 1.91. The molecule has 1 saturated carbocycles. The number of benzene rings is 1. The highest BCUT2D eigenvalue weighted by Gasteiger charge is 2.23. The van der Waals surface area contributed by atoms with E-state index in [2.05, 4.69) is 0 Å². The summed E-state index contributed by atoms with van der Waals surface area (Å²) in [5.41, 5.74) is 0.823. The molecular formula is C15H18Cl2O3. The maximum Gasteiger partial charge on any atom is 0.302 e. The second-order valence-corrected chi connectivity index (χ2v) is 6.22. The van der Waals surface area contributed by atoms with Gasteiger partial charge in [0.2, 0.25) is 0 Å². The first-order chi connectivity index (χ1) is 9.52. The summed E-state index contributed by atoms with van der Waals surface area (Å²) in [4.78, 5) is 10.8. The van der Waals surface area contributed by atoms with E-state index in [1.165, 1.54) is 6.92 Å². The summed E-state index contributed by atoms with van der Waals surface area (Å²) in [5, 5.41) is 0.855. The summed E-state index contributed by atoms with van der Waals surface area (Å²) in [6, 6.07) is 5.38. The molecule has 1 aliphatic carbocycles. The monoisotopic (exact) mass is 316 g/mol. The van der Waals surface area contributed by atoms with Crippen LogP contribution in [0.5, 0.6) is 5.75 Å². The summed E-state index contributed by atoms with van der Waals surface area (Å²) >= 11 is 12.1. The lowest BCUT2D eigenvalue weighted by Gasteiger charge is -2.13. The third kappa shape index (κ3) is 4.88. The molecule has 0 N–H and O–H groups in total. The fourth-order valence-corrected chi connectivity index (χ4v) is 2.98. The van der Waals surface area contributed by atoms with Gasteiger partial charge < -0.3 is 9.47 Å². The molecule has 0 aliphatic heterocycles. The number of alkyl halides is 1. The Kier molecular flexibility index (Phi) is 5.55. The van der Waals surface area contributed by atoms with Gasteiger partial charge in [-0.15, -0.1) is 11.6 Å². The van der Waals surface area contributed by atoms with E-state index < -0.39 is 0 Å². The fraction of sp³-hybridized carbons (Fsp3) is 0.533. The van der Waals surface area contributed by atoms with Gasteiger partial charge in [-0.3, -0.25) is 4.79 Å². The van der Waals surface area contributed by atoms with Crippen LogP contribution < -0.4 is 4.74 Å². The van der Waals surface area contributed by atoms with Gasteiger partial charge in [-0.2, -0.15) is 0 Å². The van der Waals surface area contributed by atoms with Crippen LogP contribution in [-0.4, -0.2) is 18.0 Å². The van der Waals surface area contributed by atoms with Gasteiger partial charge in [0.1, 0.15) is 12.4 Å². The van der Waals surface area contributed by atoms with Gasteiger partial charge >= 0.3 is 5.97 Å². The largest absolute Gasteiger partial charge is 0.493 e. The van der Waals surface area contributed by atoms with Gasteiger partial charge in [-0.05, 0) is 48.9 Å². The molecule has 1 aliphatic rings. The zero-order valence-electron chi connectivity index (χ0n) is 11.4. The van der Waals surface area contributed by atoms with Crippen LogP contribution >= 0.6 is 23.2 Å². The lowest BCUT2D eigenvalue weighted by molar-refractivity contribution is -0.142. The van der Waals surface area contributed by atoms with Crippen LogP contribution in [0.15, 0.2) is 18.2 Å². The van der Waals surface area contributed by atoms with Crippen LogP contribution in [0, 0.1) is 5.92 Å². The first-order valence-electron chi connectivity index (χ1n) is 6.72. The third-order valence-electron chi connectivity index (χ3n) is 3.34. The van der Waals surface area contributed by atoms with Gasteiger partial charge in [0, 0.05) is 17.3 Å². The number of rotatable bonds is 5. The molecule has 0 heterocycles. The van der Waals surface area contributed by atoms with E-state index >= 15 is 0 Å². The van der Waals surface area contributed by atoms with Gasteiger partial charge in [0.15, 0.2) is 0 Å². The van der Waals surface area contributed by atoms with Crippen molar-refractivity contribution in [1.82, 2.24) is 0 Å². The van der Waals surface area contributed by atoms with E-state index in [4.69, 9.17) is 32.7 Å². The molecule has 0 saturated heterocycles. The molecule has 0 bridgehead atoms. The van der Waals surface area contributed by atoms with Crippen LogP contribution in [0.25, 0.3) is 0 Å². The fourth-order valence-electron chi connectivity index (χ4n) is 2.35. The highest BCUT2D eigenvalue weighted by Crippen LogP contribution is 2.30. The molecular weight excluding hydrogens is 299 g/mol. The highest BCUT2D eigenvalue weighted by atomic mass is 35.5. The number of hydrogen-bond acceptors (Lipinski definition) is 3. The van der Waals surface area contributed by atoms with Gasteiger partial charge in [0.25, 0.3) is 0 Å². The Hall–Kier alpha value is -0.930. The van der Waals surface area contributed by atoms with Gasteiger partial charge in [-0.1, -0.05) is 11.6 Å². The van der Waals surface area contributed by atoms with Crippen molar-refractivity contribution in [2.24, 2.45) is 5.92 Å². The average Bonchev–Trinajstić information content (AvgIpc) is 2.79. The van der Waals surface area contributed by atoms with Gasteiger partial charge in [-0.25, -0.2) is 0 Å². The first kappa shape index (κ1) is 15.5. The second-order valence-electron chi connectivity index (χ2n) is 5.16. The van der Waals surface area contributed by atoms with Crippen molar-refractivity contribution < 1.29 is 14.3 Å². The van der Waals surface area contributed by atoms with Crippen molar-refractivity contribution in [3.05, 3.63) is 28.8 Å². The maximum atomic E-state index is 10.8. The van der Waals surface area contributed by atoms with E-state index in [1.807, 2.05) is 6.07 Å². The minimum atomic E-state index is -0.313. The predicted molar refractivity (Wildman–Crippen MR) is 79.4 cm³/mol. The zero-order valence-corrected chi connectivity index (χ0v) is 12.9. The molecule has 5 heteroatoms. The lowest BCUT2D eigenvalue weighted by Crippen LogP contribution is -2.09. The normalized spacial score (nSPS) is 21.8. The van der Waals surface area contributed by atoms with Crippen molar-refractivity contribution in [3.8, 4) is 5.75 Å². The van der Waals surface area contributed by atoms with Crippen molar-refractivity contribution in [3.63, 3.8) is 0 Å². The maximum absolute atomic E-state index is 10.8. The number of carbonyl (C=O) groups excluding carboxylic acids is 1. The molecule has 110 valence electrons. The number of ether oxygens (including phenoxy) is 2. The SMILES string of the molecule is CC(=O)OCc1cc(Cl)cc(OCC2CCC(Cl)C2)c1. The van der Waals surface area contributed by atoms with Crippen LogP contribution in [-0.2, 0) is 16.1 Å². The lowest BCUT2D eigenvalue weighted by atomic mass is 10.1. The first-order valence-corrected chi connectivity index (χ1v) is 7.54. The van der Waals surface area contributed by atoms with Gasteiger partial charge in [0.05, 0.1) is 6.61 Å². The van der Waals surface area contributed by atoms with Crippen molar-refractivity contribution in [2.45, 2.75) is 38.2 Å². The second kappa shape index (κ2) is 7.19.